The number of aryl methyl sites for hydroxylation is 2. The highest BCUT2D eigenvalue weighted by atomic mass is 16.5. The molecule has 2 aliphatic heterocycles. The van der Waals surface area contributed by atoms with E-state index in [1.54, 1.807) is 4.90 Å². The number of carbonyl (C=O) groups is 2. The minimum atomic E-state index is -0.800. The molecule has 2 amide bonds. The van der Waals surface area contributed by atoms with Gasteiger partial charge >= 0.3 is 0 Å². The first-order valence-corrected chi connectivity index (χ1v) is 11.1. The van der Waals surface area contributed by atoms with Gasteiger partial charge in [0.05, 0.1) is 6.54 Å². The predicted molar refractivity (Wildman–Crippen MR) is 124 cm³/mol. The number of hydrogen-bond acceptors (Lipinski definition) is 5. The molecule has 0 saturated carbocycles. The molecule has 0 aromatic heterocycles. The van der Waals surface area contributed by atoms with E-state index < -0.39 is 11.6 Å². The van der Waals surface area contributed by atoms with Gasteiger partial charge in [0, 0.05) is 30.8 Å². The summed E-state index contributed by atoms with van der Waals surface area (Å²) in [6.45, 7) is 6.48. The summed E-state index contributed by atoms with van der Waals surface area (Å²) in [5, 5.41) is 16.9. The van der Waals surface area contributed by atoms with Crippen LogP contribution in [-0.2, 0) is 16.0 Å². The van der Waals surface area contributed by atoms with Gasteiger partial charge in [-0.3, -0.25) is 9.59 Å². The molecule has 0 radical (unpaired) electrons. The monoisotopic (exact) mass is 437 g/mol. The van der Waals surface area contributed by atoms with E-state index in [0.717, 1.165) is 22.5 Å². The average Bonchev–Trinajstić information content (AvgIpc) is 2.76. The fraction of sp³-hybridized carbons (Fsp3) is 0.440. The Morgan fingerprint density at radius 3 is 2.66 bits per heavy atom. The summed E-state index contributed by atoms with van der Waals surface area (Å²) in [5.41, 5.74) is 3.10. The molecule has 2 aromatic carbocycles. The summed E-state index contributed by atoms with van der Waals surface area (Å²) in [6.07, 6.45) is 0.520. The van der Waals surface area contributed by atoms with Crippen molar-refractivity contribution in [3.63, 3.8) is 0 Å². The first-order chi connectivity index (χ1) is 15.2. The van der Waals surface area contributed by atoms with E-state index in [2.05, 4.69) is 10.6 Å². The van der Waals surface area contributed by atoms with E-state index >= 15 is 0 Å². The molecule has 2 heterocycles. The van der Waals surface area contributed by atoms with Gasteiger partial charge in [0.1, 0.15) is 23.5 Å². The second kappa shape index (κ2) is 8.82. The third kappa shape index (κ3) is 4.88. The standard InChI is InChI=1S/C25H31N3O4/c1-16-4-7-18(8-5-16)27-25(2,3)24(31)28-13-12-22(21(29)15-28)32-19-9-10-20-17(14-19)6-11-23(30)26-20/h4-5,7-10,14,21-22,27,29H,6,11-13,15H2,1-3H3,(H,26,30)/t21-,22-/m1/s1. The minimum Gasteiger partial charge on any atom is -0.488 e. The van der Waals surface area contributed by atoms with Crippen molar-refractivity contribution in [3.8, 4) is 5.75 Å². The van der Waals surface area contributed by atoms with Gasteiger partial charge in [-0.05, 0) is 63.1 Å². The number of aliphatic hydroxyl groups excluding tert-OH is 1. The molecule has 1 fully saturated rings. The van der Waals surface area contributed by atoms with Crippen molar-refractivity contribution in [1.82, 2.24) is 4.90 Å². The average molecular weight is 438 g/mol. The maximum absolute atomic E-state index is 13.2. The molecule has 7 heteroatoms. The Morgan fingerprint density at radius 1 is 1.19 bits per heavy atom. The van der Waals surface area contributed by atoms with Gasteiger partial charge < -0.3 is 25.4 Å². The maximum Gasteiger partial charge on any atom is 0.247 e. The fourth-order valence-corrected chi connectivity index (χ4v) is 4.29. The summed E-state index contributed by atoms with van der Waals surface area (Å²) >= 11 is 0. The number of likely N-dealkylation sites (tertiary alicyclic amines) is 1. The number of rotatable bonds is 5. The van der Waals surface area contributed by atoms with Gasteiger partial charge in [0.15, 0.2) is 0 Å². The zero-order valence-electron chi connectivity index (χ0n) is 18.9. The predicted octanol–water partition coefficient (Wildman–Crippen LogP) is 3.11. The number of benzene rings is 2. The molecule has 2 aliphatic rings. The third-order valence-electron chi connectivity index (χ3n) is 6.11. The largest absolute Gasteiger partial charge is 0.488 e. The zero-order valence-corrected chi connectivity index (χ0v) is 18.9. The van der Waals surface area contributed by atoms with Crippen LogP contribution in [0, 0.1) is 6.92 Å². The van der Waals surface area contributed by atoms with Crippen molar-refractivity contribution >= 4 is 23.2 Å². The number of nitrogens with one attached hydrogen (secondary N) is 2. The summed E-state index contributed by atoms with van der Waals surface area (Å²) in [4.78, 5) is 26.4. The van der Waals surface area contributed by atoms with E-state index in [1.807, 2.05) is 63.2 Å². The fourth-order valence-electron chi connectivity index (χ4n) is 4.29. The highest BCUT2D eigenvalue weighted by molar-refractivity contribution is 5.94. The van der Waals surface area contributed by atoms with Crippen LogP contribution in [0.5, 0.6) is 5.75 Å². The van der Waals surface area contributed by atoms with E-state index in [0.29, 0.717) is 31.6 Å². The lowest BCUT2D eigenvalue weighted by molar-refractivity contribution is -0.140. The smallest absolute Gasteiger partial charge is 0.247 e. The summed E-state index contributed by atoms with van der Waals surface area (Å²) in [7, 11) is 0. The number of nitrogens with zero attached hydrogens (tertiary/aromatic N) is 1. The lowest BCUT2D eigenvalue weighted by atomic mass is 9.98. The lowest BCUT2D eigenvalue weighted by Crippen LogP contribution is -2.57. The number of carbonyl (C=O) groups excluding carboxylic acids is 2. The van der Waals surface area contributed by atoms with Crippen molar-refractivity contribution < 1.29 is 19.4 Å². The van der Waals surface area contributed by atoms with E-state index in [1.165, 1.54) is 0 Å². The summed E-state index contributed by atoms with van der Waals surface area (Å²) in [6, 6.07) is 13.5. The Kier molecular flexibility index (Phi) is 6.11. The molecule has 1 saturated heterocycles. The van der Waals surface area contributed by atoms with E-state index in [4.69, 9.17) is 4.74 Å². The van der Waals surface area contributed by atoms with Crippen molar-refractivity contribution in [2.24, 2.45) is 0 Å². The van der Waals surface area contributed by atoms with E-state index in [9.17, 15) is 14.7 Å². The Hall–Kier alpha value is -3.06. The quantitative estimate of drug-likeness (QED) is 0.669. The maximum atomic E-state index is 13.2. The van der Waals surface area contributed by atoms with Gasteiger partial charge in [-0.25, -0.2) is 0 Å². The number of fused-ring (bicyclic) bond motifs is 1. The highest BCUT2D eigenvalue weighted by Crippen LogP contribution is 2.29. The van der Waals surface area contributed by atoms with Crippen LogP contribution in [0.2, 0.25) is 0 Å². The van der Waals surface area contributed by atoms with Crippen molar-refractivity contribution in [2.45, 2.75) is 57.8 Å². The number of aliphatic hydroxyl groups is 1. The second-order valence-corrected chi connectivity index (χ2v) is 9.25. The van der Waals surface area contributed by atoms with Crippen LogP contribution in [-0.4, -0.2) is 52.7 Å². The number of hydrogen-bond donors (Lipinski definition) is 3. The van der Waals surface area contributed by atoms with Crippen molar-refractivity contribution in [1.29, 1.82) is 0 Å². The van der Waals surface area contributed by atoms with Crippen LogP contribution in [0.3, 0.4) is 0 Å². The van der Waals surface area contributed by atoms with Gasteiger partial charge in [-0.2, -0.15) is 0 Å². The van der Waals surface area contributed by atoms with Crippen LogP contribution >= 0.6 is 0 Å². The van der Waals surface area contributed by atoms with Crippen LogP contribution in [0.1, 0.15) is 37.8 Å². The van der Waals surface area contributed by atoms with Crippen LogP contribution < -0.4 is 15.4 Å². The first-order valence-electron chi connectivity index (χ1n) is 11.1. The Morgan fingerprint density at radius 2 is 1.94 bits per heavy atom. The Labute approximate surface area is 188 Å². The number of β-amino-alcohol motifs (C(OH)–C–C–N with tert-alkyl or cyclic N) is 1. The van der Waals surface area contributed by atoms with Crippen LogP contribution in [0.4, 0.5) is 11.4 Å². The lowest BCUT2D eigenvalue weighted by Gasteiger charge is -2.40. The Balaban J connectivity index is 1.36. The zero-order chi connectivity index (χ0) is 22.9. The number of piperidine rings is 1. The summed E-state index contributed by atoms with van der Waals surface area (Å²) < 4.78 is 6.06. The molecule has 3 N–H and O–H groups in total. The normalized spacial score (nSPS) is 20.9. The Bertz CT molecular complexity index is 1000. The minimum absolute atomic E-state index is 0.0263. The molecule has 170 valence electrons. The van der Waals surface area contributed by atoms with E-state index in [-0.39, 0.29) is 24.5 Å². The van der Waals surface area contributed by atoms with Gasteiger partial charge in [-0.1, -0.05) is 17.7 Å². The van der Waals surface area contributed by atoms with Gasteiger partial charge in [-0.15, -0.1) is 0 Å². The topological polar surface area (TPSA) is 90.9 Å². The molecule has 4 rings (SSSR count). The molecule has 7 nitrogen and oxygen atoms in total. The van der Waals surface area contributed by atoms with Crippen molar-refractivity contribution in [2.75, 3.05) is 23.7 Å². The second-order valence-electron chi connectivity index (χ2n) is 9.25. The molecule has 0 unspecified atom stereocenters. The van der Waals surface area contributed by atoms with Crippen LogP contribution in [0.25, 0.3) is 0 Å². The molecule has 0 spiro atoms. The molecule has 2 aromatic rings. The van der Waals surface area contributed by atoms with Gasteiger partial charge in [0.2, 0.25) is 11.8 Å². The highest BCUT2D eigenvalue weighted by Gasteiger charge is 2.38. The SMILES string of the molecule is Cc1ccc(NC(C)(C)C(=O)N2CC[C@@H](Oc3ccc4c(c3)CCC(=O)N4)[C@H](O)C2)cc1. The number of ether oxygens (including phenoxy) is 1. The number of anilines is 2. The first kappa shape index (κ1) is 22.1. The molecule has 0 bridgehead atoms. The number of amides is 2. The molecule has 32 heavy (non-hydrogen) atoms. The van der Waals surface area contributed by atoms with Crippen LogP contribution in [0.15, 0.2) is 42.5 Å². The third-order valence-corrected chi connectivity index (χ3v) is 6.11. The molecular weight excluding hydrogens is 406 g/mol. The molecular formula is C25H31N3O4. The molecule has 0 aliphatic carbocycles. The summed E-state index contributed by atoms with van der Waals surface area (Å²) in [5.74, 6) is 0.642. The van der Waals surface area contributed by atoms with Gasteiger partial charge in [0.25, 0.3) is 0 Å². The molecule has 2 atom stereocenters. The van der Waals surface area contributed by atoms with Crippen molar-refractivity contribution in [3.05, 3.63) is 53.6 Å².